The van der Waals surface area contributed by atoms with Gasteiger partial charge in [0.1, 0.15) is 6.17 Å². The molecular weight excluding hydrogens is 215 g/mol. The number of nitrogens with two attached hydrogens (primary N) is 1. The molecule has 3 rings (SSSR count). The lowest BCUT2D eigenvalue weighted by Crippen LogP contribution is -2.36. The number of hydrogen-bond donors (Lipinski definition) is 1. The first-order valence-corrected chi connectivity index (χ1v) is 6.52. The van der Waals surface area contributed by atoms with E-state index >= 15 is 0 Å². The molecule has 0 saturated carbocycles. The van der Waals surface area contributed by atoms with Gasteiger partial charge in [-0.05, 0) is 42.9 Å². The van der Waals surface area contributed by atoms with Gasteiger partial charge in [-0.15, -0.1) is 0 Å². The zero-order valence-corrected chi connectivity index (χ0v) is 10.0. The Bertz CT molecular complexity index is 419. The lowest BCUT2D eigenvalue weighted by atomic mass is 10.0. The van der Waals surface area contributed by atoms with Crippen LogP contribution in [-0.4, -0.2) is 19.3 Å². The van der Waals surface area contributed by atoms with Crippen molar-refractivity contribution in [3.8, 4) is 0 Å². The predicted molar refractivity (Wildman–Crippen MR) is 68.0 cm³/mol. The number of rotatable bonds is 1. The van der Waals surface area contributed by atoms with Crippen molar-refractivity contribution in [1.29, 1.82) is 0 Å². The molecule has 1 aliphatic carbocycles. The van der Waals surface area contributed by atoms with Crippen LogP contribution in [0.3, 0.4) is 0 Å². The van der Waals surface area contributed by atoms with E-state index in [2.05, 4.69) is 23.1 Å². The zero-order valence-electron chi connectivity index (χ0n) is 10.0. The zero-order chi connectivity index (χ0) is 11.8. The van der Waals surface area contributed by atoms with Crippen LogP contribution in [0.15, 0.2) is 18.2 Å². The summed E-state index contributed by atoms with van der Waals surface area (Å²) in [6.45, 7) is 1.53. The van der Waals surface area contributed by atoms with Gasteiger partial charge in [-0.2, -0.15) is 0 Å². The van der Waals surface area contributed by atoms with Crippen molar-refractivity contribution in [1.82, 2.24) is 0 Å². The summed E-state index contributed by atoms with van der Waals surface area (Å²) in [6.07, 6.45) is 3.07. The molecule has 0 amide bonds. The Hall–Kier alpha value is -1.09. The Morgan fingerprint density at radius 2 is 2.18 bits per heavy atom. The van der Waals surface area contributed by atoms with Gasteiger partial charge in [0.05, 0.1) is 0 Å². The highest BCUT2D eigenvalue weighted by atomic mass is 19.1. The first kappa shape index (κ1) is 11.0. The Kier molecular flexibility index (Phi) is 2.79. The van der Waals surface area contributed by atoms with Gasteiger partial charge in [0.2, 0.25) is 0 Å². The van der Waals surface area contributed by atoms with Crippen molar-refractivity contribution in [2.75, 3.05) is 18.0 Å². The fourth-order valence-electron chi connectivity index (χ4n) is 3.11. The number of fused-ring (bicyclic) bond motifs is 1. The van der Waals surface area contributed by atoms with Crippen molar-refractivity contribution < 1.29 is 4.39 Å². The summed E-state index contributed by atoms with van der Waals surface area (Å²) < 4.78 is 13.5. The van der Waals surface area contributed by atoms with Crippen molar-refractivity contribution >= 4 is 5.69 Å². The molecule has 2 atom stereocenters. The molecule has 2 aliphatic rings. The monoisotopic (exact) mass is 234 g/mol. The molecule has 1 heterocycles. The highest BCUT2D eigenvalue weighted by molar-refractivity contribution is 5.59. The van der Waals surface area contributed by atoms with Crippen molar-refractivity contribution in [3.05, 3.63) is 29.3 Å². The molecule has 0 radical (unpaired) electrons. The second-order valence-electron chi connectivity index (χ2n) is 5.18. The standard InChI is InChI=1S/C14H19FN2/c15-10-3-2-8-17(9-10)14-5-1-4-11-12(14)6-7-13(11)16/h1,4-5,10,13H,2-3,6-9,16H2/t10-,13+/m0/s1. The van der Waals surface area contributed by atoms with Gasteiger partial charge < -0.3 is 10.6 Å². The molecule has 0 unspecified atom stereocenters. The van der Waals surface area contributed by atoms with Crippen molar-refractivity contribution in [2.45, 2.75) is 37.9 Å². The number of piperidine rings is 1. The number of nitrogens with zero attached hydrogens (tertiary/aromatic N) is 1. The number of alkyl halides is 1. The fourth-order valence-corrected chi connectivity index (χ4v) is 3.11. The highest BCUT2D eigenvalue weighted by Crippen LogP contribution is 2.36. The van der Waals surface area contributed by atoms with E-state index in [0.717, 1.165) is 25.8 Å². The minimum atomic E-state index is -0.672. The Labute approximate surface area is 102 Å². The number of anilines is 1. The fraction of sp³-hybridized carbons (Fsp3) is 0.571. The first-order valence-electron chi connectivity index (χ1n) is 6.52. The van der Waals surface area contributed by atoms with Gasteiger partial charge in [0.25, 0.3) is 0 Å². The summed E-state index contributed by atoms with van der Waals surface area (Å²) in [5.41, 5.74) is 9.92. The summed E-state index contributed by atoms with van der Waals surface area (Å²) in [5, 5.41) is 0. The molecule has 1 aromatic rings. The molecule has 92 valence electrons. The Morgan fingerprint density at radius 1 is 1.29 bits per heavy atom. The van der Waals surface area contributed by atoms with Crippen LogP contribution >= 0.6 is 0 Å². The third kappa shape index (κ3) is 1.93. The van der Waals surface area contributed by atoms with Crippen LogP contribution in [0.4, 0.5) is 10.1 Å². The molecule has 1 fully saturated rings. The molecule has 1 saturated heterocycles. The Balaban J connectivity index is 1.93. The minimum Gasteiger partial charge on any atom is -0.368 e. The first-order chi connectivity index (χ1) is 8.25. The van der Waals surface area contributed by atoms with Crippen LogP contribution in [0.25, 0.3) is 0 Å². The van der Waals surface area contributed by atoms with Gasteiger partial charge in [0.15, 0.2) is 0 Å². The quantitative estimate of drug-likeness (QED) is 0.809. The summed E-state index contributed by atoms with van der Waals surface area (Å²) in [7, 11) is 0. The van der Waals surface area contributed by atoms with E-state index in [1.807, 2.05) is 0 Å². The van der Waals surface area contributed by atoms with Crippen LogP contribution in [0.5, 0.6) is 0 Å². The smallest absolute Gasteiger partial charge is 0.118 e. The van der Waals surface area contributed by atoms with E-state index in [9.17, 15) is 4.39 Å². The largest absolute Gasteiger partial charge is 0.368 e. The van der Waals surface area contributed by atoms with E-state index in [1.54, 1.807) is 0 Å². The van der Waals surface area contributed by atoms with Gasteiger partial charge >= 0.3 is 0 Å². The topological polar surface area (TPSA) is 29.3 Å². The lowest BCUT2D eigenvalue weighted by molar-refractivity contribution is 0.286. The molecule has 17 heavy (non-hydrogen) atoms. The van der Waals surface area contributed by atoms with Gasteiger partial charge in [-0.3, -0.25) is 0 Å². The summed E-state index contributed by atoms with van der Waals surface area (Å²) in [4.78, 5) is 2.20. The molecule has 3 heteroatoms. The molecular formula is C14H19FN2. The molecule has 1 aromatic carbocycles. The maximum absolute atomic E-state index is 13.5. The predicted octanol–water partition coefficient (Wildman–Crippen LogP) is 2.57. The molecule has 0 bridgehead atoms. The SMILES string of the molecule is N[C@@H]1CCc2c1cccc2N1CCC[C@H](F)C1. The summed E-state index contributed by atoms with van der Waals surface area (Å²) >= 11 is 0. The van der Waals surface area contributed by atoms with E-state index in [1.165, 1.54) is 16.8 Å². The Morgan fingerprint density at radius 3 is 3.00 bits per heavy atom. The third-order valence-corrected chi connectivity index (χ3v) is 4.00. The van der Waals surface area contributed by atoms with E-state index in [0.29, 0.717) is 13.0 Å². The van der Waals surface area contributed by atoms with Crippen LogP contribution in [-0.2, 0) is 6.42 Å². The number of hydrogen-bond acceptors (Lipinski definition) is 2. The van der Waals surface area contributed by atoms with Gasteiger partial charge in [-0.1, -0.05) is 12.1 Å². The average molecular weight is 234 g/mol. The van der Waals surface area contributed by atoms with Crippen LogP contribution < -0.4 is 10.6 Å². The minimum absolute atomic E-state index is 0.177. The van der Waals surface area contributed by atoms with E-state index in [4.69, 9.17) is 5.73 Å². The lowest BCUT2D eigenvalue weighted by Gasteiger charge is -2.32. The number of halogens is 1. The van der Waals surface area contributed by atoms with Crippen LogP contribution in [0.1, 0.15) is 36.4 Å². The molecule has 0 spiro atoms. The second-order valence-corrected chi connectivity index (χ2v) is 5.18. The maximum atomic E-state index is 13.5. The van der Waals surface area contributed by atoms with Crippen LogP contribution in [0.2, 0.25) is 0 Å². The van der Waals surface area contributed by atoms with Crippen molar-refractivity contribution in [3.63, 3.8) is 0 Å². The summed E-state index contributed by atoms with van der Waals surface area (Å²) in [5.74, 6) is 0. The average Bonchev–Trinajstić information content (AvgIpc) is 2.71. The van der Waals surface area contributed by atoms with Gasteiger partial charge in [0, 0.05) is 24.8 Å². The highest BCUT2D eigenvalue weighted by Gasteiger charge is 2.26. The van der Waals surface area contributed by atoms with Gasteiger partial charge in [-0.25, -0.2) is 4.39 Å². The van der Waals surface area contributed by atoms with Crippen LogP contribution in [0, 0.1) is 0 Å². The maximum Gasteiger partial charge on any atom is 0.118 e. The third-order valence-electron chi connectivity index (χ3n) is 4.00. The molecule has 2 nitrogen and oxygen atoms in total. The molecule has 0 aromatic heterocycles. The van der Waals surface area contributed by atoms with E-state index < -0.39 is 6.17 Å². The molecule has 2 N–H and O–H groups in total. The summed E-state index contributed by atoms with van der Waals surface area (Å²) in [6, 6.07) is 6.47. The molecule has 1 aliphatic heterocycles. The van der Waals surface area contributed by atoms with E-state index in [-0.39, 0.29) is 6.04 Å². The van der Waals surface area contributed by atoms with Crippen molar-refractivity contribution in [2.24, 2.45) is 5.73 Å². The normalized spacial score (nSPS) is 28.2. The second kappa shape index (κ2) is 4.30. The number of benzene rings is 1.